The predicted molar refractivity (Wildman–Crippen MR) is 147 cm³/mol. The van der Waals surface area contributed by atoms with Gasteiger partial charge in [-0.05, 0) is 70.4 Å². The minimum absolute atomic E-state index is 0.316. The van der Waals surface area contributed by atoms with Gasteiger partial charge in [-0.15, -0.1) is 5.10 Å². The van der Waals surface area contributed by atoms with Crippen molar-refractivity contribution >= 4 is 51.9 Å². The van der Waals surface area contributed by atoms with Gasteiger partial charge in [-0.3, -0.25) is 14.7 Å². The standard InChI is InChI=1S/C27H22ClN9O2/c28-18-6-9-23(37-15-30-34-35-37)17(13-18)5-10-24(38)36-12-11-16-3-1-2-4-20(16)25(36)27(39)31-19-7-8-21-22(14-19)32-33-26(21)29/h1-10,13-15,25H,11-12H2,(H,31,39)(H3,29,32,33)/b10-5+/t25-/m0/s1. The monoisotopic (exact) mass is 539 g/mol. The van der Waals surface area contributed by atoms with Gasteiger partial charge in [0.25, 0.3) is 5.91 Å². The Labute approximate surface area is 227 Å². The van der Waals surface area contributed by atoms with Crippen LogP contribution in [0, 0.1) is 0 Å². The highest BCUT2D eigenvalue weighted by Crippen LogP contribution is 2.32. The number of carbonyl (C=O) groups is 2. The lowest BCUT2D eigenvalue weighted by Gasteiger charge is -2.35. The quantitative estimate of drug-likeness (QED) is 0.289. The van der Waals surface area contributed by atoms with Crippen LogP contribution in [0.5, 0.6) is 0 Å². The Hall–Kier alpha value is -5.03. The van der Waals surface area contributed by atoms with Crippen molar-refractivity contribution < 1.29 is 9.59 Å². The summed E-state index contributed by atoms with van der Waals surface area (Å²) in [7, 11) is 0. The molecule has 3 heterocycles. The summed E-state index contributed by atoms with van der Waals surface area (Å²) in [6, 6.07) is 17.3. The lowest BCUT2D eigenvalue weighted by Crippen LogP contribution is -2.44. The molecule has 11 nitrogen and oxygen atoms in total. The van der Waals surface area contributed by atoms with Gasteiger partial charge < -0.3 is 16.0 Å². The molecule has 1 aliphatic heterocycles. The number of amides is 2. The second kappa shape index (κ2) is 10.0. The second-order valence-electron chi connectivity index (χ2n) is 9.03. The van der Waals surface area contributed by atoms with Crippen molar-refractivity contribution in [2.75, 3.05) is 17.6 Å². The molecular formula is C27H22ClN9O2. The maximum absolute atomic E-state index is 13.7. The van der Waals surface area contributed by atoms with E-state index in [1.165, 1.54) is 17.1 Å². The Morgan fingerprint density at radius 2 is 2.00 bits per heavy atom. The van der Waals surface area contributed by atoms with Crippen LogP contribution in [0.3, 0.4) is 0 Å². The average molecular weight is 540 g/mol. The Morgan fingerprint density at radius 1 is 1.13 bits per heavy atom. The number of aromatic amines is 1. The van der Waals surface area contributed by atoms with Gasteiger partial charge >= 0.3 is 0 Å². The van der Waals surface area contributed by atoms with Gasteiger partial charge in [0.1, 0.15) is 12.4 Å². The molecule has 1 atom stereocenters. The van der Waals surface area contributed by atoms with Gasteiger partial charge in [-0.1, -0.05) is 35.9 Å². The molecule has 6 rings (SSSR count). The number of nitrogens with two attached hydrogens (primary N) is 1. The zero-order valence-electron chi connectivity index (χ0n) is 20.5. The molecule has 194 valence electrons. The van der Waals surface area contributed by atoms with Crippen LogP contribution < -0.4 is 11.1 Å². The van der Waals surface area contributed by atoms with Gasteiger partial charge in [0.15, 0.2) is 5.82 Å². The van der Waals surface area contributed by atoms with E-state index in [9.17, 15) is 9.59 Å². The van der Waals surface area contributed by atoms with Crippen molar-refractivity contribution in [3.05, 3.63) is 94.8 Å². The molecule has 39 heavy (non-hydrogen) atoms. The van der Waals surface area contributed by atoms with Crippen LogP contribution in [0.25, 0.3) is 22.7 Å². The molecule has 4 N–H and O–H groups in total. The number of H-pyrrole nitrogens is 1. The van der Waals surface area contributed by atoms with E-state index in [1.54, 1.807) is 47.4 Å². The lowest BCUT2D eigenvalue weighted by molar-refractivity contribution is -0.135. The van der Waals surface area contributed by atoms with Crippen LogP contribution >= 0.6 is 11.6 Å². The third-order valence-corrected chi connectivity index (χ3v) is 6.90. The molecule has 1 aliphatic rings. The van der Waals surface area contributed by atoms with Gasteiger partial charge in [-0.25, -0.2) is 0 Å². The van der Waals surface area contributed by atoms with Crippen molar-refractivity contribution in [3.63, 3.8) is 0 Å². The fraction of sp³-hybridized carbons (Fsp3) is 0.111. The molecule has 0 radical (unpaired) electrons. The number of nitrogens with zero attached hydrogens (tertiary/aromatic N) is 6. The minimum atomic E-state index is -0.826. The first kappa shape index (κ1) is 24.3. The average Bonchev–Trinajstić information content (AvgIpc) is 3.61. The van der Waals surface area contributed by atoms with Crippen LogP contribution in [0.15, 0.2) is 73.1 Å². The predicted octanol–water partition coefficient (Wildman–Crippen LogP) is 3.55. The molecule has 0 fully saturated rings. The highest BCUT2D eigenvalue weighted by Gasteiger charge is 2.35. The molecule has 5 aromatic rings. The van der Waals surface area contributed by atoms with Crippen molar-refractivity contribution in [2.45, 2.75) is 12.5 Å². The van der Waals surface area contributed by atoms with Gasteiger partial charge in [0.2, 0.25) is 5.91 Å². The molecule has 0 bridgehead atoms. The van der Waals surface area contributed by atoms with E-state index in [1.807, 2.05) is 24.3 Å². The summed E-state index contributed by atoms with van der Waals surface area (Å²) in [5.41, 5.74) is 10.2. The second-order valence-corrected chi connectivity index (χ2v) is 9.47. The molecule has 2 aromatic heterocycles. The van der Waals surface area contributed by atoms with Gasteiger partial charge in [0, 0.05) is 34.3 Å². The van der Waals surface area contributed by atoms with Crippen LogP contribution in [0.4, 0.5) is 11.5 Å². The SMILES string of the molecule is Nc1n[nH]c2cc(NC(=O)[C@@H]3c4ccccc4CCN3C(=O)/C=C/c3cc(Cl)ccc3-n3cnnn3)ccc12. The number of rotatable bonds is 5. The molecule has 0 saturated heterocycles. The van der Waals surface area contributed by atoms with E-state index >= 15 is 0 Å². The largest absolute Gasteiger partial charge is 0.382 e. The summed E-state index contributed by atoms with van der Waals surface area (Å²) in [5.74, 6) is -0.257. The number of carbonyl (C=O) groups excluding carboxylic acids is 2. The van der Waals surface area contributed by atoms with Crippen LogP contribution in [0.1, 0.15) is 22.7 Å². The summed E-state index contributed by atoms with van der Waals surface area (Å²) < 4.78 is 1.48. The molecule has 0 aliphatic carbocycles. The number of aromatic nitrogens is 6. The zero-order valence-corrected chi connectivity index (χ0v) is 21.2. The maximum atomic E-state index is 13.7. The Balaban J connectivity index is 1.30. The van der Waals surface area contributed by atoms with Crippen molar-refractivity contribution in [1.29, 1.82) is 0 Å². The summed E-state index contributed by atoms with van der Waals surface area (Å²) in [5, 5.41) is 22.4. The number of halogens is 1. The highest BCUT2D eigenvalue weighted by molar-refractivity contribution is 6.30. The maximum Gasteiger partial charge on any atom is 0.251 e. The zero-order chi connectivity index (χ0) is 26.9. The third kappa shape index (κ3) is 4.71. The number of benzene rings is 3. The Bertz CT molecular complexity index is 1730. The van der Waals surface area contributed by atoms with E-state index in [0.29, 0.717) is 46.3 Å². The number of nitrogens with one attached hydrogen (secondary N) is 2. The summed E-state index contributed by atoms with van der Waals surface area (Å²) in [6.07, 6.45) is 5.18. The Kier molecular flexibility index (Phi) is 6.25. The molecule has 0 spiro atoms. The summed E-state index contributed by atoms with van der Waals surface area (Å²) in [4.78, 5) is 28.8. The lowest BCUT2D eigenvalue weighted by atomic mass is 9.91. The number of nitrogen functional groups attached to an aromatic ring is 1. The number of tetrazole rings is 1. The van der Waals surface area contributed by atoms with Crippen molar-refractivity contribution in [1.82, 2.24) is 35.3 Å². The summed E-state index contributed by atoms with van der Waals surface area (Å²) in [6.45, 7) is 0.379. The molecule has 12 heteroatoms. The van der Waals surface area contributed by atoms with E-state index in [2.05, 4.69) is 31.0 Å². The smallest absolute Gasteiger partial charge is 0.251 e. The number of anilines is 2. The van der Waals surface area contributed by atoms with Crippen molar-refractivity contribution in [3.8, 4) is 5.69 Å². The fourth-order valence-electron chi connectivity index (χ4n) is 4.81. The number of fused-ring (bicyclic) bond motifs is 2. The van der Waals surface area contributed by atoms with E-state index in [0.717, 1.165) is 16.5 Å². The molecule has 2 amide bonds. The van der Waals surface area contributed by atoms with E-state index in [-0.39, 0.29) is 11.8 Å². The van der Waals surface area contributed by atoms with E-state index in [4.69, 9.17) is 17.3 Å². The number of hydrogen-bond acceptors (Lipinski definition) is 7. The topological polar surface area (TPSA) is 148 Å². The third-order valence-electron chi connectivity index (χ3n) is 6.67. The summed E-state index contributed by atoms with van der Waals surface area (Å²) >= 11 is 6.22. The normalized spacial score (nSPS) is 15.0. The first-order valence-electron chi connectivity index (χ1n) is 12.1. The Morgan fingerprint density at radius 3 is 2.85 bits per heavy atom. The highest BCUT2D eigenvalue weighted by atomic mass is 35.5. The van der Waals surface area contributed by atoms with Crippen LogP contribution in [0.2, 0.25) is 5.02 Å². The van der Waals surface area contributed by atoms with Gasteiger partial charge in [-0.2, -0.15) is 9.78 Å². The molecule has 3 aromatic carbocycles. The first-order chi connectivity index (χ1) is 19.0. The van der Waals surface area contributed by atoms with Crippen molar-refractivity contribution in [2.24, 2.45) is 0 Å². The molecule has 0 unspecified atom stereocenters. The van der Waals surface area contributed by atoms with Gasteiger partial charge in [0.05, 0.1) is 11.2 Å². The molecule has 0 saturated carbocycles. The van der Waals surface area contributed by atoms with E-state index < -0.39 is 6.04 Å². The molecular weight excluding hydrogens is 518 g/mol. The van der Waals surface area contributed by atoms with Crippen LogP contribution in [-0.2, 0) is 16.0 Å². The first-order valence-corrected chi connectivity index (χ1v) is 12.5. The minimum Gasteiger partial charge on any atom is -0.382 e. The number of hydrogen-bond donors (Lipinski definition) is 3. The fourth-order valence-corrected chi connectivity index (χ4v) is 4.99. The van der Waals surface area contributed by atoms with Crippen LogP contribution in [-0.4, -0.2) is 53.7 Å².